The highest BCUT2D eigenvalue weighted by atomic mass is 16.5. The molecule has 0 fully saturated rings. The van der Waals surface area contributed by atoms with E-state index in [0.717, 1.165) is 38.6 Å². The van der Waals surface area contributed by atoms with Gasteiger partial charge in [-0.15, -0.1) is 0 Å². The molecule has 0 bridgehead atoms. The molecule has 0 aromatic heterocycles. The largest absolute Gasteiger partial charge is 0.385 e. The van der Waals surface area contributed by atoms with Crippen LogP contribution >= 0.6 is 0 Å². The lowest BCUT2D eigenvalue weighted by Gasteiger charge is -2.28. The maximum absolute atomic E-state index is 5.10. The van der Waals surface area contributed by atoms with Crippen molar-refractivity contribution >= 4 is 0 Å². The number of methoxy groups -OCH3 is 1. The number of hydrogen-bond acceptors (Lipinski definition) is 3. The van der Waals surface area contributed by atoms with E-state index in [1.54, 1.807) is 7.11 Å². The normalized spacial score (nSPS) is 13.6. The predicted octanol–water partition coefficient (Wildman–Crippen LogP) is 2.37. The summed E-state index contributed by atoms with van der Waals surface area (Å²) in [5.74, 6) is 0.732. The molecule has 3 nitrogen and oxygen atoms in total. The van der Waals surface area contributed by atoms with E-state index in [0.29, 0.717) is 6.04 Å². The van der Waals surface area contributed by atoms with E-state index in [4.69, 9.17) is 4.74 Å². The first kappa shape index (κ1) is 16.9. The van der Waals surface area contributed by atoms with Gasteiger partial charge in [-0.1, -0.05) is 27.2 Å². The van der Waals surface area contributed by atoms with Gasteiger partial charge < -0.3 is 15.0 Å². The molecule has 0 heterocycles. The second-order valence-electron chi connectivity index (χ2n) is 5.32. The van der Waals surface area contributed by atoms with Crippen LogP contribution in [0.5, 0.6) is 0 Å². The zero-order chi connectivity index (χ0) is 13.1. The van der Waals surface area contributed by atoms with Crippen LogP contribution in [0.4, 0.5) is 0 Å². The van der Waals surface area contributed by atoms with E-state index < -0.39 is 0 Å². The van der Waals surface area contributed by atoms with Crippen molar-refractivity contribution in [2.75, 3.05) is 40.4 Å². The first-order valence-electron chi connectivity index (χ1n) is 7.01. The summed E-state index contributed by atoms with van der Waals surface area (Å²) in [7, 11) is 4.00. The lowest BCUT2D eigenvalue weighted by molar-refractivity contribution is 0.160. The van der Waals surface area contributed by atoms with Gasteiger partial charge in [-0.25, -0.2) is 0 Å². The predicted molar refractivity (Wildman–Crippen MR) is 75.5 cm³/mol. The molecule has 0 aliphatic heterocycles. The minimum absolute atomic E-state index is 0.663. The van der Waals surface area contributed by atoms with Crippen molar-refractivity contribution in [2.45, 2.75) is 46.1 Å². The number of hydrogen-bond donors (Lipinski definition) is 1. The van der Waals surface area contributed by atoms with Crippen LogP contribution in [0.3, 0.4) is 0 Å². The summed E-state index contributed by atoms with van der Waals surface area (Å²) in [6, 6.07) is 0.663. The third-order valence-corrected chi connectivity index (χ3v) is 3.04. The van der Waals surface area contributed by atoms with Gasteiger partial charge in [-0.3, -0.25) is 0 Å². The molecule has 0 aliphatic rings. The second-order valence-corrected chi connectivity index (χ2v) is 5.32. The van der Waals surface area contributed by atoms with Gasteiger partial charge in [0.05, 0.1) is 0 Å². The zero-order valence-corrected chi connectivity index (χ0v) is 12.5. The van der Waals surface area contributed by atoms with Crippen molar-refractivity contribution < 1.29 is 4.74 Å². The Morgan fingerprint density at radius 3 is 2.47 bits per heavy atom. The summed E-state index contributed by atoms with van der Waals surface area (Å²) in [4.78, 5) is 2.47. The van der Waals surface area contributed by atoms with E-state index in [2.05, 4.69) is 38.0 Å². The molecule has 0 aliphatic carbocycles. The van der Waals surface area contributed by atoms with Crippen molar-refractivity contribution in [2.24, 2.45) is 5.92 Å². The molecule has 0 rings (SSSR count). The minimum atomic E-state index is 0.663. The summed E-state index contributed by atoms with van der Waals surface area (Å²) in [6.07, 6.45) is 3.65. The van der Waals surface area contributed by atoms with Crippen LogP contribution < -0.4 is 5.32 Å². The monoisotopic (exact) mass is 244 g/mol. The topological polar surface area (TPSA) is 24.5 Å². The highest BCUT2D eigenvalue weighted by molar-refractivity contribution is 4.71. The van der Waals surface area contributed by atoms with Gasteiger partial charge in [-0.2, -0.15) is 0 Å². The Balaban J connectivity index is 3.84. The standard InChI is InChI=1S/C14H32N2O/c1-6-8-14(12-15-11-13(2)3)16(4)9-7-10-17-5/h13-15H,6-12H2,1-5H3. The molecule has 0 aromatic carbocycles. The van der Waals surface area contributed by atoms with Gasteiger partial charge in [0.25, 0.3) is 0 Å². The Morgan fingerprint density at radius 2 is 1.94 bits per heavy atom. The average molecular weight is 244 g/mol. The lowest BCUT2D eigenvalue weighted by Crippen LogP contribution is -2.41. The van der Waals surface area contributed by atoms with Crippen molar-refractivity contribution in [1.29, 1.82) is 0 Å². The van der Waals surface area contributed by atoms with Crippen LogP contribution in [0, 0.1) is 5.92 Å². The number of nitrogens with one attached hydrogen (secondary N) is 1. The van der Waals surface area contributed by atoms with Gasteiger partial charge >= 0.3 is 0 Å². The number of ether oxygens (including phenoxy) is 1. The summed E-state index contributed by atoms with van der Waals surface area (Å²) in [5, 5.41) is 3.57. The molecular formula is C14H32N2O. The Hall–Kier alpha value is -0.120. The molecule has 1 N–H and O–H groups in total. The lowest BCUT2D eigenvalue weighted by atomic mass is 10.1. The van der Waals surface area contributed by atoms with Crippen LogP contribution in [0.1, 0.15) is 40.0 Å². The molecule has 0 saturated heterocycles. The second kappa shape index (κ2) is 11.0. The van der Waals surface area contributed by atoms with Crippen molar-refractivity contribution in [3.8, 4) is 0 Å². The Kier molecular flexibility index (Phi) is 10.9. The molecule has 0 radical (unpaired) electrons. The SMILES string of the molecule is CCCC(CNCC(C)C)N(C)CCCOC. The van der Waals surface area contributed by atoms with Crippen molar-refractivity contribution in [3.05, 3.63) is 0 Å². The van der Waals surface area contributed by atoms with Crippen LogP contribution in [0.2, 0.25) is 0 Å². The van der Waals surface area contributed by atoms with Gasteiger partial charge in [0.15, 0.2) is 0 Å². The van der Waals surface area contributed by atoms with E-state index in [9.17, 15) is 0 Å². The van der Waals surface area contributed by atoms with Gasteiger partial charge in [0.1, 0.15) is 0 Å². The Labute approximate surface area is 108 Å². The minimum Gasteiger partial charge on any atom is -0.385 e. The summed E-state index contributed by atoms with van der Waals surface area (Å²) >= 11 is 0. The average Bonchev–Trinajstić information content (AvgIpc) is 2.27. The fraction of sp³-hybridized carbons (Fsp3) is 1.00. The van der Waals surface area contributed by atoms with Crippen LogP contribution in [-0.4, -0.2) is 51.3 Å². The van der Waals surface area contributed by atoms with E-state index in [-0.39, 0.29) is 0 Å². The molecule has 0 aromatic rings. The molecule has 0 spiro atoms. The van der Waals surface area contributed by atoms with Crippen molar-refractivity contribution in [3.63, 3.8) is 0 Å². The number of nitrogens with zero attached hydrogens (tertiary/aromatic N) is 1. The number of likely N-dealkylation sites (N-methyl/N-ethyl adjacent to an activating group) is 1. The van der Waals surface area contributed by atoms with Crippen LogP contribution in [0.25, 0.3) is 0 Å². The molecule has 0 amide bonds. The molecule has 3 heteroatoms. The molecule has 104 valence electrons. The Bertz CT molecular complexity index is 162. The first-order valence-corrected chi connectivity index (χ1v) is 7.01. The maximum Gasteiger partial charge on any atom is 0.0474 e. The molecule has 17 heavy (non-hydrogen) atoms. The number of rotatable bonds is 11. The molecule has 1 unspecified atom stereocenters. The third kappa shape index (κ3) is 9.57. The fourth-order valence-corrected chi connectivity index (χ4v) is 1.99. The molecule has 0 saturated carbocycles. The van der Waals surface area contributed by atoms with E-state index in [1.807, 2.05) is 0 Å². The van der Waals surface area contributed by atoms with E-state index in [1.165, 1.54) is 12.8 Å². The summed E-state index contributed by atoms with van der Waals surface area (Å²) in [5.41, 5.74) is 0. The quantitative estimate of drug-likeness (QED) is 0.565. The highest BCUT2D eigenvalue weighted by Gasteiger charge is 2.13. The summed E-state index contributed by atoms with van der Waals surface area (Å²) < 4.78 is 5.10. The molecular weight excluding hydrogens is 212 g/mol. The maximum atomic E-state index is 5.10. The first-order chi connectivity index (χ1) is 8.11. The highest BCUT2D eigenvalue weighted by Crippen LogP contribution is 2.05. The van der Waals surface area contributed by atoms with Gasteiger partial charge in [0, 0.05) is 32.8 Å². The van der Waals surface area contributed by atoms with Crippen LogP contribution in [0.15, 0.2) is 0 Å². The third-order valence-electron chi connectivity index (χ3n) is 3.04. The van der Waals surface area contributed by atoms with E-state index >= 15 is 0 Å². The van der Waals surface area contributed by atoms with Gasteiger partial charge in [-0.05, 0) is 32.4 Å². The summed E-state index contributed by atoms with van der Waals surface area (Å²) in [6.45, 7) is 11.0. The van der Waals surface area contributed by atoms with Gasteiger partial charge in [0.2, 0.25) is 0 Å². The van der Waals surface area contributed by atoms with Crippen LogP contribution in [-0.2, 0) is 4.74 Å². The Morgan fingerprint density at radius 1 is 1.24 bits per heavy atom. The zero-order valence-electron chi connectivity index (χ0n) is 12.5. The smallest absolute Gasteiger partial charge is 0.0474 e. The fourth-order valence-electron chi connectivity index (χ4n) is 1.99. The molecule has 1 atom stereocenters. The van der Waals surface area contributed by atoms with Crippen molar-refractivity contribution in [1.82, 2.24) is 10.2 Å².